The molecule has 0 saturated carbocycles. The van der Waals surface area contributed by atoms with E-state index in [2.05, 4.69) is 4.98 Å². The number of thiazole rings is 1. The number of amides is 1. The SMILES string of the molecule is CCN1C(=O)/C(=c2/nc3c(s2)=CC=CN3C)SC1=Nc1cccc[n+]1C. The summed E-state index contributed by atoms with van der Waals surface area (Å²) in [7, 11) is 3.90. The lowest BCUT2D eigenvalue weighted by Crippen LogP contribution is -2.31. The minimum atomic E-state index is -0.0310. The molecule has 8 heteroatoms. The molecule has 1 saturated heterocycles. The first-order valence-electron chi connectivity index (χ1n) is 8.24. The zero-order valence-corrected chi connectivity index (χ0v) is 16.3. The predicted molar refractivity (Wildman–Crippen MR) is 106 cm³/mol. The molecule has 1 amide bonds. The summed E-state index contributed by atoms with van der Waals surface area (Å²) in [5.74, 6) is 1.66. The molecular formula is C18H18N5OS2+. The third kappa shape index (κ3) is 2.85. The van der Waals surface area contributed by atoms with Crippen LogP contribution in [0.5, 0.6) is 0 Å². The van der Waals surface area contributed by atoms with E-state index in [1.807, 2.05) is 73.2 Å². The van der Waals surface area contributed by atoms with Gasteiger partial charge in [-0.3, -0.25) is 9.69 Å². The number of hydrogen-bond donors (Lipinski definition) is 0. The number of pyridine rings is 1. The van der Waals surface area contributed by atoms with Crippen LogP contribution in [-0.2, 0) is 11.8 Å². The molecule has 0 bridgehead atoms. The number of hydrogen-bond acceptors (Lipinski definition) is 6. The molecule has 4 rings (SSSR count). The van der Waals surface area contributed by atoms with Gasteiger partial charge < -0.3 is 4.90 Å². The van der Waals surface area contributed by atoms with Gasteiger partial charge in [0.25, 0.3) is 11.1 Å². The number of aryl methyl sites for hydroxylation is 1. The second-order valence-corrected chi connectivity index (χ2v) is 7.88. The molecule has 1 fully saturated rings. The van der Waals surface area contributed by atoms with E-state index in [-0.39, 0.29) is 5.91 Å². The van der Waals surface area contributed by atoms with Gasteiger partial charge in [0.1, 0.15) is 9.57 Å². The van der Waals surface area contributed by atoms with Crippen molar-refractivity contribution in [3.05, 3.63) is 45.9 Å². The summed E-state index contributed by atoms with van der Waals surface area (Å²) in [5, 5.41) is 0.693. The minimum Gasteiger partial charge on any atom is -0.335 e. The van der Waals surface area contributed by atoms with Crippen molar-refractivity contribution in [2.24, 2.45) is 12.0 Å². The van der Waals surface area contributed by atoms with Crippen LogP contribution in [-0.4, -0.2) is 34.6 Å². The molecule has 132 valence electrons. The van der Waals surface area contributed by atoms with Crippen LogP contribution in [0.4, 0.5) is 11.6 Å². The van der Waals surface area contributed by atoms with E-state index < -0.39 is 0 Å². The van der Waals surface area contributed by atoms with Crippen LogP contribution in [0.1, 0.15) is 6.92 Å². The Morgan fingerprint density at radius 2 is 2.19 bits per heavy atom. The van der Waals surface area contributed by atoms with Crippen LogP contribution in [0.3, 0.4) is 0 Å². The highest BCUT2D eigenvalue weighted by molar-refractivity contribution is 8.23. The van der Waals surface area contributed by atoms with Crippen molar-refractivity contribution >= 4 is 56.8 Å². The van der Waals surface area contributed by atoms with Crippen molar-refractivity contribution in [2.75, 3.05) is 18.5 Å². The van der Waals surface area contributed by atoms with E-state index in [1.165, 1.54) is 23.1 Å². The highest BCUT2D eigenvalue weighted by Crippen LogP contribution is 2.32. The lowest BCUT2D eigenvalue weighted by atomic mass is 10.4. The molecule has 0 atom stereocenters. The van der Waals surface area contributed by atoms with Crippen LogP contribution >= 0.6 is 23.1 Å². The molecule has 0 N–H and O–H groups in total. The lowest BCUT2D eigenvalue weighted by molar-refractivity contribution is -0.658. The zero-order valence-electron chi connectivity index (χ0n) is 14.7. The number of thioether (sulfide) groups is 1. The number of anilines is 1. The molecule has 0 spiro atoms. The van der Waals surface area contributed by atoms with Crippen molar-refractivity contribution in [3.63, 3.8) is 0 Å². The first-order valence-corrected chi connectivity index (χ1v) is 9.87. The van der Waals surface area contributed by atoms with Gasteiger partial charge >= 0.3 is 5.82 Å². The van der Waals surface area contributed by atoms with Gasteiger partial charge in [-0.15, -0.1) is 11.3 Å². The first kappa shape index (κ1) is 17.0. The van der Waals surface area contributed by atoms with Crippen LogP contribution in [0, 0.1) is 0 Å². The zero-order chi connectivity index (χ0) is 18.3. The van der Waals surface area contributed by atoms with Crippen molar-refractivity contribution in [2.45, 2.75) is 6.92 Å². The number of aromatic nitrogens is 2. The van der Waals surface area contributed by atoms with E-state index in [1.54, 1.807) is 4.90 Å². The second kappa shape index (κ2) is 6.69. The summed E-state index contributed by atoms with van der Waals surface area (Å²) in [6.07, 6.45) is 7.91. The maximum Gasteiger partial charge on any atom is 0.326 e. The number of carbonyl (C=O) groups excluding carboxylic acids is 1. The van der Waals surface area contributed by atoms with E-state index in [9.17, 15) is 4.79 Å². The second-order valence-electron chi connectivity index (χ2n) is 5.87. The normalized spacial score (nSPS) is 20.0. The first-order chi connectivity index (χ1) is 12.6. The number of nitrogens with zero attached hydrogens (tertiary/aromatic N) is 5. The van der Waals surface area contributed by atoms with Crippen molar-refractivity contribution in [3.8, 4) is 0 Å². The van der Waals surface area contributed by atoms with Gasteiger partial charge in [-0.05, 0) is 41.9 Å². The van der Waals surface area contributed by atoms with Crippen LogP contribution < -0.4 is 18.7 Å². The number of allylic oxidation sites excluding steroid dienone is 1. The van der Waals surface area contributed by atoms with Gasteiger partial charge in [0.2, 0.25) is 0 Å². The Labute approximate surface area is 159 Å². The van der Waals surface area contributed by atoms with Crippen LogP contribution in [0.15, 0.2) is 41.7 Å². The highest BCUT2D eigenvalue weighted by atomic mass is 32.2. The van der Waals surface area contributed by atoms with Crippen LogP contribution in [0.2, 0.25) is 0 Å². The van der Waals surface area contributed by atoms with Gasteiger partial charge in [-0.2, -0.15) is 0 Å². The third-order valence-electron chi connectivity index (χ3n) is 4.14. The van der Waals surface area contributed by atoms with Gasteiger partial charge in [0.15, 0.2) is 5.82 Å². The quantitative estimate of drug-likeness (QED) is 0.728. The fourth-order valence-corrected chi connectivity index (χ4v) is 4.91. The number of amidine groups is 1. The van der Waals surface area contributed by atoms with Crippen LogP contribution in [0.25, 0.3) is 11.0 Å². The topological polar surface area (TPSA) is 52.7 Å². The largest absolute Gasteiger partial charge is 0.335 e. The summed E-state index contributed by atoms with van der Waals surface area (Å²) >= 11 is 2.94. The molecule has 2 aromatic rings. The molecule has 6 nitrogen and oxygen atoms in total. The highest BCUT2D eigenvalue weighted by Gasteiger charge is 2.37. The Hall–Kier alpha value is -2.45. The van der Waals surface area contributed by atoms with E-state index in [0.717, 1.165) is 20.8 Å². The molecule has 4 heterocycles. The molecule has 2 aliphatic heterocycles. The van der Waals surface area contributed by atoms with E-state index in [4.69, 9.17) is 4.99 Å². The fraction of sp³-hybridized carbons (Fsp3) is 0.222. The van der Waals surface area contributed by atoms with Gasteiger partial charge in [-0.25, -0.2) is 9.55 Å². The number of aliphatic imine (C=N–C) groups is 1. The number of fused-ring (bicyclic) bond motifs is 1. The molecule has 2 aromatic heterocycles. The molecule has 2 aliphatic rings. The Morgan fingerprint density at radius 1 is 1.35 bits per heavy atom. The summed E-state index contributed by atoms with van der Waals surface area (Å²) in [4.78, 5) is 26.6. The Balaban J connectivity index is 1.81. The monoisotopic (exact) mass is 384 g/mol. The fourth-order valence-electron chi connectivity index (χ4n) is 2.74. The smallest absolute Gasteiger partial charge is 0.326 e. The summed E-state index contributed by atoms with van der Waals surface area (Å²) in [6, 6.07) is 5.82. The lowest BCUT2D eigenvalue weighted by Gasteiger charge is -2.11. The summed E-state index contributed by atoms with van der Waals surface area (Å²) in [5.41, 5.74) is 0. The van der Waals surface area contributed by atoms with Gasteiger partial charge in [-0.1, -0.05) is 6.07 Å². The predicted octanol–water partition coefficient (Wildman–Crippen LogP) is 1.10. The van der Waals surface area contributed by atoms with Gasteiger partial charge in [0, 0.05) is 25.9 Å². The average Bonchev–Trinajstić information content (AvgIpc) is 3.19. The Bertz CT molecular complexity index is 1070. The number of rotatable bonds is 2. The summed E-state index contributed by atoms with van der Waals surface area (Å²) < 4.78 is 3.74. The van der Waals surface area contributed by atoms with Gasteiger partial charge in [0.05, 0.1) is 17.8 Å². The Morgan fingerprint density at radius 3 is 2.92 bits per heavy atom. The maximum absolute atomic E-state index is 12.9. The minimum absolute atomic E-state index is 0.0310. The molecule has 0 radical (unpaired) electrons. The molecule has 0 unspecified atom stereocenters. The standard InChI is InChI=1S/C18H18N5OS2/c1-4-23-17(24)14(16-20-15-12(25-16)8-7-11-22(15)3)26-18(23)19-13-9-5-6-10-21(13)2/h5-11H,4H2,1-3H3/q+1/b16-14+. The molecule has 26 heavy (non-hydrogen) atoms. The molecule has 0 aromatic carbocycles. The van der Waals surface area contributed by atoms with E-state index >= 15 is 0 Å². The molecule has 0 aliphatic carbocycles. The Kier molecular flexibility index (Phi) is 4.37. The van der Waals surface area contributed by atoms with Crippen molar-refractivity contribution in [1.29, 1.82) is 0 Å². The maximum atomic E-state index is 12.9. The third-order valence-corrected chi connectivity index (χ3v) is 6.36. The van der Waals surface area contributed by atoms with Crippen molar-refractivity contribution < 1.29 is 9.36 Å². The average molecular weight is 385 g/mol. The summed E-state index contributed by atoms with van der Waals surface area (Å²) in [6.45, 7) is 2.53. The molecular weight excluding hydrogens is 366 g/mol. The van der Waals surface area contributed by atoms with E-state index in [0.29, 0.717) is 16.6 Å². The van der Waals surface area contributed by atoms with Crippen molar-refractivity contribution in [1.82, 2.24) is 9.88 Å². The number of carbonyl (C=O) groups is 1.